The molecule has 268 valence electrons. The second-order valence-corrected chi connectivity index (χ2v) is 15.9. The maximum atomic E-state index is 12.9. The average Bonchev–Trinajstić information content (AvgIpc) is 3.43. The molecule has 0 radical (unpaired) electrons. The molecule has 10 nitrogen and oxygen atoms in total. The maximum Gasteiger partial charge on any atom is 0.319 e. The Hall–Kier alpha value is -2.53. The minimum absolute atomic E-state index is 0.0797. The van der Waals surface area contributed by atoms with Crippen molar-refractivity contribution in [2.75, 3.05) is 33.2 Å². The fourth-order valence-electron chi connectivity index (χ4n) is 11.0. The number of ether oxygens (including phenoxy) is 3. The Kier molecular flexibility index (Phi) is 11.9. The van der Waals surface area contributed by atoms with Crippen LogP contribution in [0.2, 0.25) is 0 Å². The Morgan fingerprint density at radius 1 is 0.875 bits per heavy atom. The van der Waals surface area contributed by atoms with Crippen LogP contribution in [0.15, 0.2) is 30.3 Å². The summed E-state index contributed by atoms with van der Waals surface area (Å²) in [6.45, 7) is 8.57. The van der Waals surface area contributed by atoms with Crippen molar-refractivity contribution in [3.8, 4) is 0 Å². The molecule has 0 aromatic heterocycles. The first-order chi connectivity index (χ1) is 22.9. The first kappa shape index (κ1) is 36.7. The van der Waals surface area contributed by atoms with Gasteiger partial charge in [0, 0.05) is 17.9 Å². The van der Waals surface area contributed by atoms with Crippen molar-refractivity contribution < 1.29 is 28.6 Å². The summed E-state index contributed by atoms with van der Waals surface area (Å²) in [6, 6.07) is 10.6. The zero-order chi connectivity index (χ0) is 34.6. The Balaban J connectivity index is 1.38. The molecule has 1 aromatic rings. The summed E-state index contributed by atoms with van der Waals surface area (Å²) in [5.74, 6) is 0.375. The predicted molar refractivity (Wildman–Crippen MR) is 184 cm³/mol. The highest BCUT2D eigenvalue weighted by atomic mass is 16.6. The van der Waals surface area contributed by atoms with E-state index in [-0.39, 0.29) is 90.4 Å². The van der Waals surface area contributed by atoms with Crippen LogP contribution in [-0.4, -0.2) is 74.3 Å². The number of nitrogens with zero attached hydrogens (tertiary/aromatic N) is 1. The van der Waals surface area contributed by atoms with Gasteiger partial charge in [-0.3, -0.25) is 14.4 Å². The zero-order valence-corrected chi connectivity index (χ0v) is 29.6. The maximum absolute atomic E-state index is 12.9. The van der Waals surface area contributed by atoms with Gasteiger partial charge in [-0.25, -0.2) is 0 Å². The molecule has 0 amide bonds. The zero-order valence-electron chi connectivity index (χ0n) is 29.6. The summed E-state index contributed by atoms with van der Waals surface area (Å²) < 4.78 is 18.3. The van der Waals surface area contributed by atoms with Gasteiger partial charge in [-0.15, -0.1) is 0 Å². The molecule has 10 heteroatoms. The molecule has 48 heavy (non-hydrogen) atoms. The molecular formula is C38H60N4O6. The molecule has 4 fully saturated rings. The monoisotopic (exact) mass is 668 g/mol. The van der Waals surface area contributed by atoms with Crippen molar-refractivity contribution in [1.29, 1.82) is 0 Å². The van der Waals surface area contributed by atoms with Crippen LogP contribution in [0.4, 0.5) is 0 Å². The van der Waals surface area contributed by atoms with Crippen LogP contribution in [0, 0.1) is 46.3 Å². The second kappa shape index (κ2) is 15.6. The van der Waals surface area contributed by atoms with E-state index in [9.17, 15) is 14.4 Å². The number of rotatable bonds is 13. The first-order valence-corrected chi connectivity index (χ1v) is 18.4. The van der Waals surface area contributed by atoms with Crippen LogP contribution in [-0.2, 0) is 35.1 Å². The van der Waals surface area contributed by atoms with E-state index in [1.54, 1.807) is 0 Å². The highest BCUT2D eigenvalue weighted by Crippen LogP contribution is 2.69. The molecule has 0 heterocycles. The summed E-state index contributed by atoms with van der Waals surface area (Å²) in [4.78, 5) is 40.2. The lowest BCUT2D eigenvalue weighted by Crippen LogP contribution is -2.63. The van der Waals surface area contributed by atoms with Crippen molar-refractivity contribution in [2.45, 2.75) is 103 Å². The molecule has 0 spiro atoms. The summed E-state index contributed by atoms with van der Waals surface area (Å²) in [5.41, 5.74) is 18.2. The van der Waals surface area contributed by atoms with Crippen LogP contribution in [0.5, 0.6) is 0 Å². The van der Waals surface area contributed by atoms with Gasteiger partial charge in [-0.1, -0.05) is 51.1 Å². The Morgan fingerprint density at radius 3 is 2.23 bits per heavy atom. The number of carbonyl (C=O) groups is 3. The summed E-state index contributed by atoms with van der Waals surface area (Å²) in [6.07, 6.45) is 7.26. The van der Waals surface area contributed by atoms with E-state index >= 15 is 0 Å². The predicted octanol–water partition coefficient (Wildman–Crippen LogP) is 4.02. The van der Waals surface area contributed by atoms with E-state index in [2.05, 4.69) is 63.1 Å². The quantitative estimate of drug-likeness (QED) is 0.207. The van der Waals surface area contributed by atoms with Crippen LogP contribution in [0.3, 0.4) is 0 Å². The fraction of sp³-hybridized carbons (Fsp3) is 0.763. The number of fused-ring (bicyclic) bond motifs is 5. The van der Waals surface area contributed by atoms with Crippen molar-refractivity contribution >= 4 is 17.9 Å². The van der Waals surface area contributed by atoms with Crippen LogP contribution < -0.4 is 17.2 Å². The van der Waals surface area contributed by atoms with Crippen molar-refractivity contribution in [3.63, 3.8) is 0 Å². The van der Waals surface area contributed by atoms with Gasteiger partial charge >= 0.3 is 17.9 Å². The van der Waals surface area contributed by atoms with Gasteiger partial charge in [-0.05, 0) is 112 Å². The summed E-state index contributed by atoms with van der Waals surface area (Å²) >= 11 is 0. The molecule has 4 unspecified atom stereocenters. The number of nitrogens with two attached hydrogens (primary N) is 3. The molecule has 5 rings (SSSR count). The molecule has 0 aliphatic heterocycles. The van der Waals surface area contributed by atoms with E-state index in [4.69, 9.17) is 31.4 Å². The number of esters is 3. The minimum atomic E-state index is -0.389. The smallest absolute Gasteiger partial charge is 0.319 e. The van der Waals surface area contributed by atoms with E-state index in [0.717, 1.165) is 51.6 Å². The van der Waals surface area contributed by atoms with E-state index < -0.39 is 0 Å². The molecule has 4 saturated carbocycles. The first-order valence-electron chi connectivity index (χ1n) is 18.4. The molecular weight excluding hydrogens is 608 g/mol. The van der Waals surface area contributed by atoms with Gasteiger partial charge < -0.3 is 36.3 Å². The van der Waals surface area contributed by atoms with Crippen LogP contribution >= 0.6 is 0 Å². The molecule has 0 saturated heterocycles. The highest BCUT2D eigenvalue weighted by molar-refractivity contribution is 5.72. The third kappa shape index (κ3) is 7.47. The van der Waals surface area contributed by atoms with Gasteiger partial charge in [0.1, 0.15) is 18.3 Å². The van der Waals surface area contributed by atoms with Crippen LogP contribution in [0.25, 0.3) is 0 Å². The lowest BCUT2D eigenvalue weighted by molar-refractivity contribution is -0.225. The number of carbonyl (C=O) groups excluding carboxylic acids is 3. The third-order valence-corrected chi connectivity index (χ3v) is 13.3. The molecule has 6 N–H and O–H groups in total. The molecule has 4 aliphatic rings. The number of hydrogen-bond acceptors (Lipinski definition) is 10. The van der Waals surface area contributed by atoms with Crippen molar-refractivity contribution in [2.24, 2.45) is 63.5 Å². The van der Waals surface area contributed by atoms with E-state index in [1.807, 2.05) is 0 Å². The van der Waals surface area contributed by atoms with Gasteiger partial charge in [-0.2, -0.15) is 0 Å². The highest BCUT2D eigenvalue weighted by Gasteiger charge is 2.67. The molecule has 0 bridgehead atoms. The van der Waals surface area contributed by atoms with E-state index in [1.165, 1.54) is 5.56 Å². The van der Waals surface area contributed by atoms with Gasteiger partial charge in [0.05, 0.1) is 19.6 Å². The van der Waals surface area contributed by atoms with Crippen molar-refractivity contribution in [3.05, 3.63) is 35.9 Å². The lowest BCUT2D eigenvalue weighted by Gasteiger charge is -2.64. The van der Waals surface area contributed by atoms with Gasteiger partial charge in [0.25, 0.3) is 0 Å². The Morgan fingerprint density at radius 2 is 1.54 bits per heavy atom. The minimum Gasteiger partial charge on any atom is -0.461 e. The van der Waals surface area contributed by atoms with E-state index in [0.29, 0.717) is 31.1 Å². The topological polar surface area (TPSA) is 160 Å². The molecule has 4 aliphatic carbocycles. The Bertz CT molecular complexity index is 1260. The third-order valence-electron chi connectivity index (χ3n) is 13.3. The molecule has 1 aromatic carbocycles. The second-order valence-electron chi connectivity index (χ2n) is 15.9. The van der Waals surface area contributed by atoms with Gasteiger partial charge in [0.15, 0.2) is 0 Å². The SMILES string of the molecule is C[C@H](CCCN(C)Cc1ccccc1)[C@H]1CCC2C3C(C[C@H](OC(=O)CN)[C@@]21C)[C@@]1(C)CC[C@@H](OC(=O)CN)CC1C[C@H]3OC(=O)CN. The molecule has 11 atom stereocenters. The standard InChI is InChI=1S/C38H60N4O6/c1-24(9-8-16-42(4)23-25-10-6-5-7-11-25)28-12-13-29-36-30(19-32(38(28,29)3)48-35(45)22-41)37(2)15-14-27(46-33(43)20-39)17-26(37)18-31(36)47-34(44)21-40/h5-7,10-11,24,26-32,36H,8-9,12-23,39-41H2,1-4H3/t24-,26?,27-,28-,29?,30?,31-,32+,36?,37+,38-/m1/s1. The Labute approximate surface area is 287 Å². The van der Waals surface area contributed by atoms with Gasteiger partial charge in [0.2, 0.25) is 0 Å². The normalized spacial score (nSPS) is 36.3. The number of hydrogen-bond donors (Lipinski definition) is 3. The van der Waals surface area contributed by atoms with Crippen molar-refractivity contribution in [1.82, 2.24) is 4.90 Å². The average molecular weight is 669 g/mol. The summed E-state index contributed by atoms with van der Waals surface area (Å²) in [5, 5.41) is 0. The lowest BCUT2D eigenvalue weighted by atomic mass is 9.43. The summed E-state index contributed by atoms with van der Waals surface area (Å²) in [7, 11) is 2.18. The van der Waals surface area contributed by atoms with Crippen LogP contribution in [0.1, 0.15) is 84.1 Å². The fourth-order valence-corrected chi connectivity index (χ4v) is 11.0. The largest absolute Gasteiger partial charge is 0.461 e. The number of benzene rings is 1.